The van der Waals surface area contributed by atoms with Gasteiger partial charge in [0, 0.05) is 0 Å². The third kappa shape index (κ3) is 7.92. The van der Waals surface area contributed by atoms with Gasteiger partial charge in [0.15, 0.2) is 0 Å². The summed E-state index contributed by atoms with van der Waals surface area (Å²) in [7, 11) is 3.62. The number of hydrogen-bond donors (Lipinski definition) is 1. The second-order valence-corrected chi connectivity index (χ2v) is 3.41. The summed E-state index contributed by atoms with van der Waals surface area (Å²) in [6, 6.07) is 0. The van der Waals surface area contributed by atoms with E-state index >= 15 is 0 Å². The molecular formula is C8H20NO+. The summed E-state index contributed by atoms with van der Waals surface area (Å²) in [6.45, 7) is 3.07. The van der Waals surface area contributed by atoms with Crippen molar-refractivity contribution in [3.63, 3.8) is 0 Å². The summed E-state index contributed by atoms with van der Waals surface area (Å²) >= 11 is 0. The van der Waals surface area contributed by atoms with E-state index in [2.05, 4.69) is 6.92 Å². The molecule has 2 nitrogen and oxygen atoms in total. The number of nitrogens with zero attached hydrogens (tertiary/aromatic N) is 1. The summed E-state index contributed by atoms with van der Waals surface area (Å²) in [5.74, 6) is 0. The van der Waals surface area contributed by atoms with Gasteiger partial charge in [0.05, 0.1) is 14.1 Å². The number of unbranched alkanes of at least 4 members (excludes halogenated alkanes) is 3. The van der Waals surface area contributed by atoms with E-state index in [1.807, 2.05) is 14.1 Å². The highest BCUT2D eigenvalue weighted by atomic mass is 16.5. The second kappa shape index (κ2) is 4.69. The Bertz CT molecular complexity index is 75.8. The fourth-order valence-electron chi connectivity index (χ4n) is 0.926. The smallest absolute Gasteiger partial charge is 0.108 e. The minimum absolute atomic E-state index is 0.115. The van der Waals surface area contributed by atoms with Gasteiger partial charge in [0.2, 0.25) is 0 Å². The van der Waals surface area contributed by atoms with Gasteiger partial charge in [-0.15, -0.1) is 0 Å². The summed E-state index contributed by atoms with van der Waals surface area (Å²) < 4.78 is 0.115. The van der Waals surface area contributed by atoms with Gasteiger partial charge in [0.1, 0.15) is 6.54 Å². The van der Waals surface area contributed by atoms with E-state index in [-0.39, 0.29) is 4.65 Å². The van der Waals surface area contributed by atoms with Crippen LogP contribution in [0.4, 0.5) is 0 Å². The molecule has 0 amide bonds. The minimum Gasteiger partial charge on any atom is -0.217 e. The van der Waals surface area contributed by atoms with Gasteiger partial charge in [0.25, 0.3) is 0 Å². The van der Waals surface area contributed by atoms with Gasteiger partial charge in [-0.25, -0.2) is 5.21 Å². The molecule has 0 spiro atoms. The Morgan fingerprint density at radius 3 is 2.10 bits per heavy atom. The summed E-state index contributed by atoms with van der Waals surface area (Å²) in [6.07, 6.45) is 4.94. The van der Waals surface area contributed by atoms with Crippen molar-refractivity contribution in [2.75, 3.05) is 20.6 Å². The van der Waals surface area contributed by atoms with E-state index in [1.165, 1.54) is 19.3 Å². The molecule has 0 saturated carbocycles. The average molecular weight is 146 g/mol. The molecule has 0 bridgehead atoms. The largest absolute Gasteiger partial charge is 0.217 e. The molecule has 10 heavy (non-hydrogen) atoms. The molecule has 0 saturated heterocycles. The first-order valence-corrected chi connectivity index (χ1v) is 4.12. The molecule has 62 valence electrons. The predicted molar refractivity (Wildman–Crippen MR) is 42.9 cm³/mol. The van der Waals surface area contributed by atoms with Crippen molar-refractivity contribution in [2.24, 2.45) is 0 Å². The fraction of sp³-hybridized carbons (Fsp3) is 1.00. The van der Waals surface area contributed by atoms with Gasteiger partial charge in [-0.05, 0) is 12.8 Å². The maximum atomic E-state index is 9.25. The van der Waals surface area contributed by atoms with Crippen LogP contribution in [0, 0.1) is 0 Å². The number of hydrogen-bond acceptors (Lipinski definition) is 1. The van der Waals surface area contributed by atoms with Crippen molar-refractivity contribution in [1.29, 1.82) is 0 Å². The molecule has 0 fully saturated rings. The first kappa shape index (κ1) is 9.92. The van der Waals surface area contributed by atoms with Gasteiger partial charge in [-0.1, -0.05) is 19.8 Å². The van der Waals surface area contributed by atoms with E-state index in [0.29, 0.717) is 0 Å². The lowest BCUT2D eigenvalue weighted by Gasteiger charge is -2.18. The highest BCUT2D eigenvalue weighted by Gasteiger charge is 2.07. The van der Waals surface area contributed by atoms with E-state index in [1.54, 1.807) is 0 Å². The molecule has 0 unspecified atom stereocenters. The van der Waals surface area contributed by atoms with Crippen LogP contribution in [0.3, 0.4) is 0 Å². The zero-order valence-electron chi connectivity index (χ0n) is 7.43. The van der Waals surface area contributed by atoms with Gasteiger partial charge < -0.3 is 0 Å². The molecule has 0 aliphatic heterocycles. The zero-order chi connectivity index (χ0) is 8.04. The fourth-order valence-corrected chi connectivity index (χ4v) is 0.926. The van der Waals surface area contributed by atoms with Crippen molar-refractivity contribution in [3.05, 3.63) is 0 Å². The maximum Gasteiger partial charge on any atom is 0.108 e. The Kier molecular flexibility index (Phi) is 4.65. The third-order valence-electron chi connectivity index (χ3n) is 1.56. The van der Waals surface area contributed by atoms with Gasteiger partial charge >= 0.3 is 0 Å². The highest BCUT2D eigenvalue weighted by molar-refractivity contribution is 4.37. The third-order valence-corrected chi connectivity index (χ3v) is 1.56. The van der Waals surface area contributed by atoms with Crippen LogP contribution in [0.2, 0.25) is 0 Å². The zero-order valence-corrected chi connectivity index (χ0v) is 7.43. The van der Waals surface area contributed by atoms with Crippen LogP contribution >= 0.6 is 0 Å². The van der Waals surface area contributed by atoms with Gasteiger partial charge in [-0.3, -0.25) is 0 Å². The van der Waals surface area contributed by atoms with Crippen LogP contribution in [-0.4, -0.2) is 30.5 Å². The average Bonchev–Trinajstić information content (AvgIpc) is 1.78. The normalized spacial score (nSPS) is 12.0. The second-order valence-electron chi connectivity index (χ2n) is 3.41. The van der Waals surface area contributed by atoms with Crippen LogP contribution in [0.25, 0.3) is 0 Å². The molecule has 0 aromatic heterocycles. The lowest BCUT2D eigenvalue weighted by molar-refractivity contribution is -1.07. The van der Waals surface area contributed by atoms with Crippen LogP contribution < -0.4 is 0 Å². The molecule has 0 aromatic rings. The molecule has 0 heterocycles. The SMILES string of the molecule is CCCCCC[N+](C)(C)O. The monoisotopic (exact) mass is 146 g/mol. The lowest BCUT2D eigenvalue weighted by Crippen LogP contribution is -2.36. The lowest BCUT2D eigenvalue weighted by atomic mass is 10.2. The van der Waals surface area contributed by atoms with Crippen LogP contribution in [-0.2, 0) is 0 Å². The topological polar surface area (TPSA) is 20.2 Å². The summed E-state index contributed by atoms with van der Waals surface area (Å²) in [4.78, 5) is 0. The Balaban J connectivity index is 3.04. The standard InChI is InChI=1S/C8H20NO/c1-4-5-6-7-8-9(2,3)10/h10H,4-8H2,1-3H3/q+1. The number of hydroxylamine groups is 3. The van der Waals surface area contributed by atoms with Crippen LogP contribution in [0.1, 0.15) is 32.6 Å². The van der Waals surface area contributed by atoms with Crippen LogP contribution in [0.5, 0.6) is 0 Å². The summed E-state index contributed by atoms with van der Waals surface area (Å²) in [5, 5.41) is 9.25. The van der Waals surface area contributed by atoms with E-state index < -0.39 is 0 Å². The summed E-state index contributed by atoms with van der Waals surface area (Å²) in [5.41, 5.74) is 0. The molecule has 0 atom stereocenters. The maximum absolute atomic E-state index is 9.25. The van der Waals surface area contributed by atoms with Crippen LogP contribution in [0.15, 0.2) is 0 Å². The van der Waals surface area contributed by atoms with E-state index in [9.17, 15) is 5.21 Å². The van der Waals surface area contributed by atoms with Gasteiger partial charge in [-0.2, -0.15) is 4.65 Å². The molecule has 0 aliphatic rings. The van der Waals surface area contributed by atoms with Crippen molar-refractivity contribution >= 4 is 0 Å². The molecule has 2 heteroatoms. The minimum atomic E-state index is 0.115. The molecule has 0 aromatic carbocycles. The molecule has 0 rings (SSSR count). The number of quaternary nitrogens is 1. The van der Waals surface area contributed by atoms with E-state index in [4.69, 9.17) is 0 Å². The predicted octanol–water partition coefficient (Wildman–Crippen LogP) is 2.03. The Morgan fingerprint density at radius 1 is 1.10 bits per heavy atom. The number of rotatable bonds is 5. The van der Waals surface area contributed by atoms with E-state index in [0.717, 1.165) is 13.0 Å². The van der Waals surface area contributed by atoms with Crippen molar-refractivity contribution < 1.29 is 9.85 Å². The Labute approximate surface area is 64.0 Å². The molecule has 0 radical (unpaired) electrons. The Hall–Kier alpha value is -0.0800. The molecular weight excluding hydrogens is 126 g/mol. The van der Waals surface area contributed by atoms with Crippen molar-refractivity contribution in [2.45, 2.75) is 32.6 Å². The first-order chi connectivity index (χ1) is 4.56. The van der Waals surface area contributed by atoms with Crippen molar-refractivity contribution in [1.82, 2.24) is 0 Å². The molecule has 1 N–H and O–H groups in total. The quantitative estimate of drug-likeness (QED) is 0.357. The van der Waals surface area contributed by atoms with Crippen molar-refractivity contribution in [3.8, 4) is 0 Å². The Morgan fingerprint density at radius 2 is 1.70 bits per heavy atom. The first-order valence-electron chi connectivity index (χ1n) is 4.12. The highest BCUT2D eigenvalue weighted by Crippen LogP contribution is 2.01. The molecule has 0 aliphatic carbocycles.